The van der Waals surface area contributed by atoms with Crippen LogP contribution in [-0.2, 0) is 6.42 Å². The van der Waals surface area contributed by atoms with Crippen molar-refractivity contribution in [3.05, 3.63) is 65.2 Å². The van der Waals surface area contributed by atoms with Crippen molar-refractivity contribution < 1.29 is 4.79 Å². The van der Waals surface area contributed by atoms with E-state index in [-0.39, 0.29) is 29.9 Å². The van der Waals surface area contributed by atoms with Crippen molar-refractivity contribution in [2.24, 2.45) is 10.7 Å². The SMILES string of the molecule is CCC(C)c1ccc(NC(N)=NCCc2cccc(C(=O)N(C)C)c2)cc1.I. The van der Waals surface area contributed by atoms with Crippen LogP contribution >= 0.6 is 24.0 Å². The van der Waals surface area contributed by atoms with Gasteiger partial charge in [-0.1, -0.05) is 38.1 Å². The number of amides is 1. The smallest absolute Gasteiger partial charge is 0.253 e. The molecule has 0 aliphatic rings. The number of hydrogen-bond acceptors (Lipinski definition) is 2. The maximum absolute atomic E-state index is 12.0. The van der Waals surface area contributed by atoms with Crippen LogP contribution in [0.4, 0.5) is 5.69 Å². The molecule has 0 aliphatic heterocycles. The lowest BCUT2D eigenvalue weighted by atomic mass is 9.99. The second kappa shape index (κ2) is 11.7. The van der Waals surface area contributed by atoms with Gasteiger partial charge in [0.2, 0.25) is 0 Å². The monoisotopic (exact) mass is 494 g/mol. The molecule has 0 saturated heterocycles. The van der Waals surface area contributed by atoms with Crippen molar-refractivity contribution in [3.8, 4) is 0 Å². The number of carbonyl (C=O) groups excluding carboxylic acids is 1. The lowest BCUT2D eigenvalue weighted by Gasteiger charge is -2.11. The molecule has 2 aromatic rings. The fraction of sp³-hybridized carbons (Fsp3) is 0.364. The van der Waals surface area contributed by atoms with E-state index in [1.807, 2.05) is 36.4 Å². The summed E-state index contributed by atoms with van der Waals surface area (Å²) >= 11 is 0. The molecule has 0 heterocycles. The van der Waals surface area contributed by atoms with Crippen molar-refractivity contribution in [2.75, 3.05) is 26.0 Å². The van der Waals surface area contributed by atoms with E-state index >= 15 is 0 Å². The maximum atomic E-state index is 12.0. The lowest BCUT2D eigenvalue weighted by Crippen LogP contribution is -2.23. The lowest BCUT2D eigenvalue weighted by molar-refractivity contribution is 0.0827. The highest BCUT2D eigenvalue weighted by Crippen LogP contribution is 2.20. The first-order valence-electron chi connectivity index (χ1n) is 9.38. The standard InChI is InChI=1S/C22H30N4O.HI/c1-5-16(2)18-9-11-20(12-10-18)25-22(23)24-14-13-17-7-6-8-19(15-17)21(27)26(3)4;/h6-12,15-16H,5,13-14H2,1-4H3,(H3,23,24,25);1H. The van der Waals surface area contributed by atoms with Crippen molar-refractivity contribution in [1.82, 2.24) is 4.90 Å². The Labute approximate surface area is 185 Å². The Hall–Kier alpha value is -2.09. The number of hydrogen-bond donors (Lipinski definition) is 2. The summed E-state index contributed by atoms with van der Waals surface area (Å²) in [6.07, 6.45) is 1.85. The van der Waals surface area contributed by atoms with Gasteiger partial charge in [0.15, 0.2) is 5.96 Å². The molecule has 1 unspecified atom stereocenters. The largest absolute Gasteiger partial charge is 0.370 e. The van der Waals surface area contributed by atoms with E-state index in [9.17, 15) is 4.79 Å². The van der Waals surface area contributed by atoms with Gasteiger partial charge in [-0.05, 0) is 54.2 Å². The highest BCUT2D eigenvalue weighted by atomic mass is 127. The molecule has 152 valence electrons. The molecule has 2 rings (SSSR count). The Morgan fingerprint density at radius 3 is 2.46 bits per heavy atom. The molecule has 2 aromatic carbocycles. The second-order valence-electron chi connectivity index (χ2n) is 6.97. The Balaban J connectivity index is 0.00000392. The number of halogens is 1. The molecule has 1 atom stereocenters. The van der Waals surface area contributed by atoms with Crippen LogP contribution in [0.15, 0.2) is 53.5 Å². The van der Waals surface area contributed by atoms with Gasteiger partial charge < -0.3 is 16.0 Å². The van der Waals surface area contributed by atoms with Crippen LogP contribution in [0.25, 0.3) is 0 Å². The molecular weight excluding hydrogens is 463 g/mol. The Kier molecular flexibility index (Phi) is 9.99. The number of nitrogens with one attached hydrogen (secondary N) is 1. The molecule has 0 saturated carbocycles. The number of carbonyl (C=O) groups is 1. The van der Waals surface area contributed by atoms with Crippen LogP contribution in [0.2, 0.25) is 0 Å². The van der Waals surface area contributed by atoms with Crippen molar-refractivity contribution in [3.63, 3.8) is 0 Å². The Bertz CT molecular complexity index is 787. The third kappa shape index (κ3) is 7.14. The van der Waals surface area contributed by atoms with Gasteiger partial charge in [-0.2, -0.15) is 0 Å². The zero-order chi connectivity index (χ0) is 19.8. The van der Waals surface area contributed by atoms with Gasteiger partial charge in [0.1, 0.15) is 0 Å². The van der Waals surface area contributed by atoms with Crippen molar-refractivity contribution in [2.45, 2.75) is 32.6 Å². The van der Waals surface area contributed by atoms with Crippen LogP contribution in [0.1, 0.15) is 47.7 Å². The topological polar surface area (TPSA) is 70.7 Å². The minimum absolute atomic E-state index is 0. The molecule has 0 radical (unpaired) electrons. The van der Waals surface area contributed by atoms with Gasteiger partial charge in [-0.15, -0.1) is 24.0 Å². The number of rotatable bonds is 7. The van der Waals surface area contributed by atoms with E-state index in [0.29, 0.717) is 24.0 Å². The van der Waals surface area contributed by atoms with E-state index in [1.54, 1.807) is 19.0 Å². The quantitative estimate of drug-likeness (QED) is 0.339. The van der Waals surface area contributed by atoms with Crippen LogP contribution in [0.5, 0.6) is 0 Å². The molecule has 28 heavy (non-hydrogen) atoms. The van der Waals surface area contributed by atoms with E-state index in [1.165, 1.54) is 5.56 Å². The molecule has 0 spiro atoms. The summed E-state index contributed by atoms with van der Waals surface area (Å²) in [5.41, 5.74) is 10.0. The van der Waals surface area contributed by atoms with E-state index in [4.69, 9.17) is 5.73 Å². The Morgan fingerprint density at radius 2 is 1.86 bits per heavy atom. The van der Waals surface area contributed by atoms with Crippen LogP contribution in [0, 0.1) is 0 Å². The van der Waals surface area contributed by atoms with Crippen molar-refractivity contribution >= 4 is 41.5 Å². The fourth-order valence-electron chi connectivity index (χ4n) is 2.74. The summed E-state index contributed by atoms with van der Waals surface area (Å²) in [7, 11) is 3.50. The number of guanidine groups is 1. The predicted octanol–water partition coefficient (Wildman–Crippen LogP) is 4.49. The molecule has 0 fully saturated rings. The third-order valence-electron chi connectivity index (χ3n) is 4.63. The summed E-state index contributed by atoms with van der Waals surface area (Å²) in [6.45, 7) is 4.97. The van der Waals surface area contributed by atoms with Crippen LogP contribution in [-0.4, -0.2) is 37.4 Å². The summed E-state index contributed by atoms with van der Waals surface area (Å²) in [5.74, 6) is 0.953. The van der Waals surface area contributed by atoms with Crippen molar-refractivity contribution in [1.29, 1.82) is 0 Å². The highest BCUT2D eigenvalue weighted by molar-refractivity contribution is 14.0. The molecule has 6 heteroatoms. The minimum atomic E-state index is 0. The van der Waals surface area contributed by atoms with Gasteiger partial charge in [0.05, 0.1) is 0 Å². The van der Waals surface area contributed by atoms with Gasteiger partial charge in [-0.25, -0.2) is 0 Å². The van der Waals surface area contributed by atoms with Gasteiger partial charge in [-0.3, -0.25) is 9.79 Å². The molecule has 1 amide bonds. The van der Waals surface area contributed by atoms with Gasteiger partial charge >= 0.3 is 0 Å². The first kappa shape index (κ1) is 23.9. The number of anilines is 1. The summed E-state index contributed by atoms with van der Waals surface area (Å²) in [6, 6.07) is 15.9. The molecular formula is C22H31IN4O. The predicted molar refractivity (Wildman–Crippen MR) is 129 cm³/mol. The number of nitrogens with two attached hydrogens (primary N) is 1. The number of benzene rings is 2. The minimum Gasteiger partial charge on any atom is -0.370 e. The normalized spacial score (nSPS) is 12.1. The molecule has 5 nitrogen and oxygen atoms in total. The molecule has 0 aliphatic carbocycles. The first-order chi connectivity index (χ1) is 12.9. The second-order valence-corrected chi connectivity index (χ2v) is 6.97. The maximum Gasteiger partial charge on any atom is 0.253 e. The van der Waals surface area contributed by atoms with Crippen LogP contribution in [0.3, 0.4) is 0 Å². The summed E-state index contributed by atoms with van der Waals surface area (Å²) < 4.78 is 0. The zero-order valence-electron chi connectivity index (χ0n) is 17.1. The highest BCUT2D eigenvalue weighted by Gasteiger charge is 2.08. The van der Waals surface area contributed by atoms with Gasteiger partial charge in [0, 0.05) is 31.9 Å². The molecule has 3 N–H and O–H groups in total. The zero-order valence-corrected chi connectivity index (χ0v) is 19.4. The average Bonchev–Trinajstić information content (AvgIpc) is 2.67. The average molecular weight is 494 g/mol. The number of aliphatic imine (C=N–C) groups is 1. The fourth-order valence-corrected chi connectivity index (χ4v) is 2.74. The molecule has 0 bridgehead atoms. The van der Waals surface area contributed by atoms with E-state index in [2.05, 4.69) is 36.3 Å². The summed E-state index contributed by atoms with van der Waals surface area (Å²) in [4.78, 5) is 18.0. The first-order valence-corrected chi connectivity index (χ1v) is 9.38. The van der Waals surface area contributed by atoms with Gasteiger partial charge in [0.25, 0.3) is 5.91 Å². The number of nitrogens with zero attached hydrogens (tertiary/aromatic N) is 2. The van der Waals surface area contributed by atoms with E-state index in [0.717, 1.165) is 24.1 Å². The molecule has 0 aromatic heterocycles. The third-order valence-corrected chi connectivity index (χ3v) is 4.63. The van der Waals surface area contributed by atoms with E-state index < -0.39 is 0 Å². The summed E-state index contributed by atoms with van der Waals surface area (Å²) in [5, 5.41) is 3.12. The van der Waals surface area contributed by atoms with Crippen LogP contribution < -0.4 is 11.1 Å². The Morgan fingerprint density at radius 1 is 1.18 bits per heavy atom.